The molecule has 1 atom stereocenters. The van der Waals surface area contributed by atoms with E-state index in [2.05, 4.69) is 5.32 Å². The van der Waals surface area contributed by atoms with Crippen molar-refractivity contribution in [3.05, 3.63) is 60.2 Å². The third-order valence-corrected chi connectivity index (χ3v) is 3.58. The lowest BCUT2D eigenvalue weighted by molar-refractivity contribution is -0.154. The second-order valence-corrected chi connectivity index (χ2v) is 5.62. The number of anilines is 1. The Balaban J connectivity index is 1.83. The van der Waals surface area contributed by atoms with E-state index in [1.54, 1.807) is 55.5 Å². The van der Waals surface area contributed by atoms with Crippen molar-refractivity contribution in [1.82, 2.24) is 0 Å². The second-order valence-electron chi connectivity index (χ2n) is 5.62. The highest BCUT2D eigenvalue weighted by Gasteiger charge is 2.21. The minimum absolute atomic E-state index is 0.0548. The van der Waals surface area contributed by atoms with Crippen molar-refractivity contribution in [1.29, 1.82) is 0 Å². The van der Waals surface area contributed by atoms with Gasteiger partial charge in [0.1, 0.15) is 5.75 Å². The van der Waals surface area contributed by atoms with Crippen LogP contribution in [0.1, 0.15) is 30.6 Å². The molecule has 0 spiro atoms. The van der Waals surface area contributed by atoms with Crippen LogP contribution < -0.4 is 10.1 Å². The van der Waals surface area contributed by atoms with E-state index < -0.39 is 24.6 Å². The minimum Gasteiger partial charge on any atom is -0.479 e. The summed E-state index contributed by atoms with van der Waals surface area (Å²) in [4.78, 5) is 35.2. The lowest BCUT2D eigenvalue weighted by Crippen LogP contribution is -2.31. The van der Waals surface area contributed by atoms with Crippen molar-refractivity contribution < 1.29 is 23.9 Å². The molecule has 0 aliphatic heterocycles. The molecule has 0 heterocycles. The van der Waals surface area contributed by atoms with Crippen molar-refractivity contribution in [2.75, 3.05) is 11.9 Å². The molecule has 1 amide bonds. The van der Waals surface area contributed by atoms with Gasteiger partial charge in [-0.2, -0.15) is 0 Å². The molecule has 0 aliphatic rings. The minimum atomic E-state index is -0.778. The summed E-state index contributed by atoms with van der Waals surface area (Å²) in [5.41, 5.74) is 1.07. The van der Waals surface area contributed by atoms with E-state index >= 15 is 0 Å². The molecule has 6 nitrogen and oxygen atoms in total. The average molecular weight is 355 g/mol. The highest BCUT2D eigenvalue weighted by molar-refractivity contribution is 5.96. The molecule has 0 fully saturated rings. The highest BCUT2D eigenvalue weighted by Crippen LogP contribution is 2.14. The first-order valence-electron chi connectivity index (χ1n) is 8.28. The van der Waals surface area contributed by atoms with E-state index in [0.717, 1.165) is 0 Å². The molecule has 2 aromatic carbocycles. The van der Waals surface area contributed by atoms with Gasteiger partial charge >= 0.3 is 5.97 Å². The number of esters is 1. The molecule has 2 aromatic rings. The zero-order chi connectivity index (χ0) is 18.9. The van der Waals surface area contributed by atoms with Crippen molar-refractivity contribution in [2.45, 2.75) is 26.4 Å². The number of para-hydroxylation sites is 1. The van der Waals surface area contributed by atoms with Crippen LogP contribution >= 0.6 is 0 Å². The van der Waals surface area contributed by atoms with Crippen LogP contribution in [-0.2, 0) is 14.3 Å². The standard InChI is InChI=1S/C20H21NO5/c1-3-18(26-17-7-5-4-6-8-17)20(24)25-13-19(23)21-16-11-9-15(10-12-16)14(2)22/h4-12,18H,3,13H2,1-2H3,(H,21,23)/t18-/m0/s1. The Kier molecular flexibility index (Phi) is 6.91. The van der Waals surface area contributed by atoms with Gasteiger partial charge in [-0.3, -0.25) is 9.59 Å². The Morgan fingerprint density at radius 2 is 1.65 bits per heavy atom. The molecule has 0 unspecified atom stereocenters. The third kappa shape index (κ3) is 5.73. The molecule has 0 bridgehead atoms. The maximum atomic E-state index is 12.1. The number of hydrogen-bond donors (Lipinski definition) is 1. The highest BCUT2D eigenvalue weighted by atomic mass is 16.6. The molecule has 26 heavy (non-hydrogen) atoms. The van der Waals surface area contributed by atoms with Crippen molar-refractivity contribution in [3.63, 3.8) is 0 Å². The van der Waals surface area contributed by atoms with E-state index in [0.29, 0.717) is 23.4 Å². The molecule has 0 saturated heterocycles. The monoisotopic (exact) mass is 355 g/mol. The number of rotatable bonds is 8. The Morgan fingerprint density at radius 3 is 2.23 bits per heavy atom. The van der Waals surface area contributed by atoms with Crippen LogP contribution in [0.15, 0.2) is 54.6 Å². The Bertz CT molecular complexity index is 756. The topological polar surface area (TPSA) is 81.7 Å². The summed E-state index contributed by atoms with van der Waals surface area (Å²) in [7, 11) is 0. The number of carbonyl (C=O) groups excluding carboxylic acids is 3. The van der Waals surface area contributed by atoms with E-state index in [4.69, 9.17) is 9.47 Å². The Labute approximate surface area is 152 Å². The normalized spacial score (nSPS) is 11.3. The van der Waals surface area contributed by atoms with Crippen LogP contribution in [0.5, 0.6) is 5.75 Å². The van der Waals surface area contributed by atoms with Gasteiger partial charge in [0, 0.05) is 11.3 Å². The zero-order valence-electron chi connectivity index (χ0n) is 14.7. The number of Topliss-reactive ketones (excluding diaryl/α,β-unsaturated/α-hetero) is 1. The lowest BCUT2D eigenvalue weighted by Gasteiger charge is -2.16. The molecule has 0 radical (unpaired) electrons. The average Bonchev–Trinajstić information content (AvgIpc) is 2.65. The number of ether oxygens (including phenoxy) is 2. The van der Waals surface area contributed by atoms with Gasteiger partial charge < -0.3 is 14.8 Å². The molecule has 2 rings (SSSR count). The first-order valence-corrected chi connectivity index (χ1v) is 8.28. The fourth-order valence-electron chi connectivity index (χ4n) is 2.18. The summed E-state index contributed by atoms with van der Waals surface area (Å²) in [6.45, 7) is 2.85. The Hall–Kier alpha value is -3.15. The number of benzene rings is 2. The van der Waals surface area contributed by atoms with E-state index in [1.807, 2.05) is 6.07 Å². The molecule has 0 aromatic heterocycles. The third-order valence-electron chi connectivity index (χ3n) is 3.58. The summed E-state index contributed by atoms with van der Waals surface area (Å²) in [5, 5.41) is 2.60. The van der Waals surface area contributed by atoms with Crippen LogP contribution in [0.2, 0.25) is 0 Å². The predicted molar refractivity (Wildman–Crippen MR) is 97.2 cm³/mol. The summed E-state index contributed by atoms with van der Waals surface area (Å²) >= 11 is 0. The van der Waals surface area contributed by atoms with Crippen LogP contribution in [0, 0.1) is 0 Å². The van der Waals surface area contributed by atoms with Gasteiger partial charge in [-0.05, 0) is 49.7 Å². The fourth-order valence-corrected chi connectivity index (χ4v) is 2.18. The van der Waals surface area contributed by atoms with Gasteiger partial charge in [0.15, 0.2) is 18.5 Å². The lowest BCUT2D eigenvalue weighted by atomic mass is 10.1. The van der Waals surface area contributed by atoms with Gasteiger partial charge in [-0.25, -0.2) is 4.79 Å². The number of nitrogens with one attached hydrogen (secondary N) is 1. The maximum Gasteiger partial charge on any atom is 0.347 e. The second kappa shape index (κ2) is 9.36. The molecule has 1 N–H and O–H groups in total. The first-order chi connectivity index (χ1) is 12.5. The maximum absolute atomic E-state index is 12.1. The predicted octanol–water partition coefficient (Wildman–Crippen LogP) is 3.23. The van der Waals surface area contributed by atoms with Crippen molar-refractivity contribution in [3.8, 4) is 5.75 Å². The largest absolute Gasteiger partial charge is 0.479 e. The summed E-state index contributed by atoms with van der Waals surface area (Å²) < 4.78 is 10.6. The fraction of sp³-hybridized carbons (Fsp3) is 0.250. The van der Waals surface area contributed by atoms with E-state index in [9.17, 15) is 14.4 Å². The van der Waals surface area contributed by atoms with Crippen LogP contribution in [0.4, 0.5) is 5.69 Å². The zero-order valence-corrected chi connectivity index (χ0v) is 14.7. The number of ketones is 1. The number of hydrogen-bond acceptors (Lipinski definition) is 5. The molecular weight excluding hydrogens is 334 g/mol. The van der Waals surface area contributed by atoms with E-state index in [-0.39, 0.29) is 5.78 Å². The summed E-state index contributed by atoms with van der Waals surface area (Å²) in [6.07, 6.45) is -0.359. The smallest absolute Gasteiger partial charge is 0.347 e. The summed E-state index contributed by atoms with van der Waals surface area (Å²) in [6, 6.07) is 15.4. The molecular formula is C20H21NO5. The van der Waals surface area contributed by atoms with Crippen LogP contribution in [0.3, 0.4) is 0 Å². The quantitative estimate of drug-likeness (QED) is 0.581. The first kappa shape index (κ1) is 19.2. The van der Waals surface area contributed by atoms with Crippen molar-refractivity contribution in [2.24, 2.45) is 0 Å². The number of amides is 1. The van der Waals surface area contributed by atoms with Gasteiger partial charge in [0.05, 0.1) is 0 Å². The molecule has 136 valence electrons. The van der Waals surface area contributed by atoms with Gasteiger partial charge in [0.2, 0.25) is 0 Å². The Morgan fingerprint density at radius 1 is 1.00 bits per heavy atom. The van der Waals surface area contributed by atoms with Gasteiger partial charge in [0.25, 0.3) is 5.91 Å². The SMILES string of the molecule is CC[C@H](Oc1ccccc1)C(=O)OCC(=O)Nc1ccc(C(C)=O)cc1. The molecule has 0 aliphatic carbocycles. The van der Waals surface area contributed by atoms with E-state index in [1.165, 1.54) is 6.92 Å². The van der Waals surface area contributed by atoms with Gasteiger partial charge in [-0.1, -0.05) is 25.1 Å². The van der Waals surface area contributed by atoms with Gasteiger partial charge in [-0.15, -0.1) is 0 Å². The summed E-state index contributed by atoms with van der Waals surface area (Å²) in [5.74, 6) is -0.561. The number of carbonyl (C=O) groups is 3. The van der Waals surface area contributed by atoms with Crippen LogP contribution in [0.25, 0.3) is 0 Å². The van der Waals surface area contributed by atoms with Crippen molar-refractivity contribution >= 4 is 23.3 Å². The molecule has 6 heteroatoms. The molecule has 0 saturated carbocycles. The van der Waals surface area contributed by atoms with Crippen LogP contribution in [-0.4, -0.2) is 30.4 Å².